The van der Waals surface area contributed by atoms with Crippen molar-refractivity contribution in [1.29, 1.82) is 0 Å². The molecule has 0 amide bonds. The minimum absolute atomic E-state index is 0.161. The van der Waals surface area contributed by atoms with E-state index in [2.05, 4.69) is 70.3 Å². The van der Waals surface area contributed by atoms with Crippen molar-refractivity contribution in [3.05, 3.63) is 93.7 Å². The molecule has 0 aliphatic carbocycles. The predicted molar refractivity (Wildman–Crippen MR) is 106 cm³/mol. The average Bonchev–Trinajstić information content (AvgIpc) is 3.14. The normalized spacial score (nSPS) is 11.0. The number of aliphatic carboxylic acids is 1. The average molecular weight is 365 g/mol. The summed E-state index contributed by atoms with van der Waals surface area (Å²) >= 11 is 1.67. The third-order valence-corrected chi connectivity index (χ3v) is 5.01. The van der Waals surface area contributed by atoms with Crippen LogP contribution >= 0.6 is 11.3 Å². The molecule has 0 atom stereocenters. The van der Waals surface area contributed by atoms with Crippen LogP contribution in [0.15, 0.2) is 71.4 Å². The smallest absolute Gasteiger partial charge is 0.304 e. The van der Waals surface area contributed by atoms with Crippen LogP contribution in [0.2, 0.25) is 0 Å². The van der Waals surface area contributed by atoms with Crippen molar-refractivity contribution in [2.24, 2.45) is 0 Å². The standard InChI is InChI=1S/C22H23NO2S/c24-22(25)9-11-23(16-21-10-12-26-17-21)15-20-8-4-7-19(14-20)13-18-5-2-1-3-6-18/h1-8,10,12,14,17H,9,11,13,15-16H2,(H,24,25). The van der Waals surface area contributed by atoms with E-state index < -0.39 is 5.97 Å². The molecular formula is C22H23NO2S. The van der Waals surface area contributed by atoms with Crippen LogP contribution in [0.4, 0.5) is 0 Å². The second-order valence-electron chi connectivity index (χ2n) is 6.47. The Morgan fingerprint density at radius 2 is 1.62 bits per heavy atom. The maximum absolute atomic E-state index is 11.0. The van der Waals surface area contributed by atoms with Gasteiger partial charge in [-0.15, -0.1) is 0 Å². The van der Waals surface area contributed by atoms with Crippen LogP contribution in [0.3, 0.4) is 0 Å². The highest BCUT2D eigenvalue weighted by molar-refractivity contribution is 7.07. The van der Waals surface area contributed by atoms with Crippen LogP contribution in [0, 0.1) is 0 Å². The summed E-state index contributed by atoms with van der Waals surface area (Å²) in [4.78, 5) is 13.2. The number of hydrogen-bond acceptors (Lipinski definition) is 3. The number of carboxylic acids is 1. The third kappa shape index (κ3) is 5.83. The summed E-state index contributed by atoms with van der Waals surface area (Å²) in [5.74, 6) is -0.752. The first-order chi connectivity index (χ1) is 12.7. The van der Waals surface area contributed by atoms with E-state index >= 15 is 0 Å². The van der Waals surface area contributed by atoms with Crippen LogP contribution < -0.4 is 0 Å². The Kier molecular flexibility index (Phi) is 6.58. The second kappa shape index (κ2) is 9.32. The first-order valence-electron chi connectivity index (χ1n) is 8.76. The molecule has 0 aliphatic heterocycles. The maximum Gasteiger partial charge on any atom is 0.304 e. The predicted octanol–water partition coefficient (Wildman–Crippen LogP) is 4.82. The van der Waals surface area contributed by atoms with Crippen LogP contribution in [-0.4, -0.2) is 22.5 Å². The Hall–Kier alpha value is -2.43. The highest BCUT2D eigenvalue weighted by Gasteiger charge is 2.10. The zero-order chi connectivity index (χ0) is 18.2. The molecule has 0 saturated heterocycles. The van der Waals surface area contributed by atoms with Crippen molar-refractivity contribution in [3.63, 3.8) is 0 Å². The molecule has 1 N–H and O–H groups in total. The molecule has 26 heavy (non-hydrogen) atoms. The molecule has 0 fully saturated rings. The Labute approximate surface area is 158 Å². The van der Waals surface area contributed by atoms with Gasteiger partial charge in [-0.1, -0.05) is 54.6 Å². The van der Waals surface area contributed by atoms with Crippen LogP contribution in [0.1, 0.15) is 28.7 Å². The summed E-state index contributed by atoms with van der Waals surface area (Å²) in [5.41, 5.74) is 5.04. The van der Waals surface area contributed by atoms with Crippen molar-refractivity contribution >= 4 is 17.3 Å². The molecule has 1 heterocycles. The summed E-state index contributed by atoms with van der Waals surface area (Å²) < 4.78 is 0. The van der Waals surface area contributed by atoms with Gasteiger partial charge in [-0.3, -0.25) is 9.69 Å². The molecule has 2 aromatic carbocycles. The Morgan fingerprint density at radius 3 is 2.35 bits per heavy atom. The van der Waals surface area contributed by atoms with Gasteiger partial charge in [0.15, 0.2) is 0 Å². The lowest BCUT2D eigenvalue weighted by atomic mass is 10.0. The Morgan fingerprint density at radius 1 is 0.885 bits per heavy atom. The van der Waals surface area contributed by atoms with Crippen molar-refractivity contribution in [3.8, 4) is 0 Å². The molecule has 3 rings (SSSR count). The van der Waals surface area contributed by atoms with E-state index in [1.165, 1.54) is 22.3 Å². The largest absolute Gasteiger partial charge is 0.481 e. The van der Waals surface area contributed by atoms with Gasteiger partial charge in [-0.2, -0.15) is 11.3 Å². The fourth-order valence-corrected chi connectivity index (χ4v) is 3.70. The van der Waals surface area contributed by atoms with Gasteiger partial charge >= 0.3 is 5.97 Å². The molecule has 3 nitrogen and oxygen atoms in total. The molecule has 0 spiro atoms. The summed E-state index contributed by atoms with van der Waals surface area (Å²) in [6.45, 7) is 2.08. The van der Waals surface area contributed by atoms with Gasteiger partial charge in [0.05, 0.1) is 6.42 Å². The molecule has 4 heteroatoms. The number of carboxylic acid groups (broad SMARTS) is 1. The highest BCUT2D eigenvalue weighted by atomic mass is 32.1. The Bertz CT molecular complexity index is 815. The monoisotopic (exact) mass is 365 g/mol. The number of rotatable bonds is 9. The highest BCUT2D eigenvalue weighted by Crippen LogP contribution is 2.16. The lowest BCUT2D eigenvalue weighted by Crippen LogP contribution is -2.25. The summed E-state index contributed by atoms with van der Waals surface area (Å²) in [6.07, 6.45) is 1.07. The van der Waals surface area contributed by atoms with Gasteiger partial charge in [0.25, 0.3) is 0 Å². The molecule has 3 aromatic rings. The van der Waals surface area contributed by atoms with Gasteiger partial charge in [0, 0.05) is 19.6 Å². The van der Waals surface area contributed by atoms with Crippen molar-refractivity contribution in [1.82, 2.24) is 4.90 Å². The fraction of sp³-hybridized carbons (Fsp3) is 0.227. The van der Waals surface area contributed by atoms with E-state index in [1.54, 1.807) is 11.3 Å². The zero-order valence-corrected chi connectivity index (χ0v) is 15.5. The van der Waals surface area contributed by atoms with E-state index in [4.69, 9.17) is 5.11 Å². The topological polar surface area (TPSA) is 40.5 Å². The molecular weight excluding hydrogens is 342 g/mol. The first kappa shape index (κ1) is 18.4. The lowest BCUT2D eigenvalue weighted by molar-refractivity contribution is -0.137. The van der Waals surface area contributed by atoms with Crippen molar-refractivity contribution in [2.75, 3.05) is 6.54 Å². The molecule has 0 aliphatic rings. The lowest BCUT2D eigenvalue weighted by Gasteiger charge is -2.21. The minimum atomic E-state index is -0.752. The SMILES string of the molecule is O=C(O)CCN(Cc1ccsc1)Cc1cccc(Cc2ccccc2)c1. The number of benzene rings is 2. The summed E-state index contributed by atoms with van der Waals surface area (Å²) in [7, 11) is 0. The second-order valence-corrected chi connectivity index (χ2v) is 7.25. The number of nitrogens with zero attached hydrogens (tertiary/aromatic N) is 1. The Balaban J connectivity index is 1.68. The number of carbonyl (C=O) groups is 1. The van der Waals surface area contributed by atoms with Gasteiger partial charge in [0.1, 0.15) is 0 Å². The van der Waals surface area contributed by atoms with E-state index in [0.29, 0.717) is 6.54 Å². The maximum atomic E-state index is 11.0. The van der Waals surface area contributed by atoms with E-state index in [-0.39, 0.29) is 6.42 Å². The van der Waals surface area contributed by atoms with Gasteiger partial charge in [-0.25, -0.2) is 0 Å². The first-order valence-corrected chi connectivity index (χ1v) is 9.70. The van der Waals surface area contributed by atoms with Gasteiger partial charge < -0.3 is 5.11 Å². The van der Waals surface area contributed by atoms with Crippen LogP contribution in [-0.2, 0) is 24.3 Å². The van der Waals surface area contributed by atoms with Gasteiger partial charge in [-0.05, 0) is 45.5 Å². The molecule has 1 aromatic heterocycles. The summed E-state index contributed by atoms with van der Waals surface area (Å²) in [6, 6.07) is 21.1. The van der Waals surface area contributed by atoms with Crippen molar-refractivity contribution < 1.29 is 9.90 Å². The quantitative estimate of drug-likeness (QED) is 0.591. The zero-order valence-electron chi connectivity index (χ0n) is 14.7. The van der Waals surface area contributed by atoms with Crippen LogP contribution in [0.5, 0.6) is 0 Å². The molecule has 0 bridgehead atoms. The van der Waals surface area contributed by atoms with E-state index in [9.17, 15) is 4.79 Å². The summed E-state index contributed by atoms with van der Waals surface area (Å²) in [5, 5.41) is 13.2. The molecule has 0 radical (unpaired) electrons. The minimum Gasteiger partial charge on any atom is -0.481 e. The third-order valence-electron chi connectivity index (χ3n) is 4.28. The molecule has 0 saturated carbocycles. The molecule has 134 valence electrons. The van der Waals surface area contributed by atoms with E-state index in [0.717, 1.165) is 19.5 Å². The van der Waals surface area contributed by atoms with Crippen LogP contribution in [0.25, 0.3) is 0 Å². The van der Waals surface area contributed by atoms with Gasteiger partial charge in [0.2, 0.25) is 0 Å². The van der Waals surface area contributed by atoms with Crippen molar-refractivity contribution in [2.45, 2.75) is 25.9 Å². The van der Waals surface area contributed by atoms with E-state index in [1.807, 2.05) is 6.07 Å². The number of hydrogen-bond donors (Lipinski definition) is 1. The number of thiophene rings is 1. The fourth-order valence-electron chi connectivity index (χ4n) is 3.04. The molecule has 0 unspecified atom stereocenters.